The molecule has 0 N–H and O–H groups in total. The van der Waals surface area contributed by atoms with Crippen molar-refractivity contribution in [2.24, 2.45) is 0 Å². The first-order chi connectivity index (χ1) is 9.69. The van der Waals surface area contributed by atoms with Crippen LogP contribution in [-0.4, -0.2) is 56.2 Å². The fraction of sp³-hybridized carbons (Fsp3) is 0.562. The molecule has 1 atom stereocenters. The van der Waals surface area contributed by atoms with Crippen LogP contribution in [0.5, 0.6) is 5.75 Å². The lowest BCUT2D eigenvalue weighted by atomic mass is 10.2. The molecule has 1 unspecified atom stereocenters. The lowest BCUT2D eigenvalue weighted by Gasteiger charge is -2.20. The van der Waals surface area contributed by atoms with Crippen LogP contribution in [0.3, 0.4) is 0 Å². The van der Waals surface area contributed by atoms with Crippen LogP contribution in [0.4, 0.5) is 0 Å². The van der Waals surface area contributed by atoms with Gasteiger partial charge in [-0.3, -0.25) is 0 Å². The van der Waals surface area contributed by atoms with Gasteiger partial charge in [-0.1, -0.05) is 6.07 Å². The molecule has 0 amide bonds. The number of hydrogen-bond donors (Lipinski definition) is 0. The highest BCUT2D eigenvalue weighted by molar-refractivity contribution is 5.36. The Balaban J connectivity index is 1.66. The molecule has 0 saturated carbocycles. The first-order valence-corrected chi connectivity index (χ1v) is 7.21. The van der Waals surface area contributed by atoms with Crippen molar-refractivity contribution >= 4 is 0 Å². The van der Waals surface area contributed by atoms with Crippen molar-refractivity contribution in [3.05, 3.63) is 29.8 Å². The molecule has 1 fully saturated rings. The molecule has 1 aromatic rings. The fourth-order valence-corrected chi connectivity index (χ4v) is 2.57. The molecule has 0 radical (unpaired) electrons. The van der Waals surface area contributed by atoms with Gasteiger partial charge in [0, 0.05) is 19.1 Å². The van der Waals surface area contributed by atoms with E-state index in [0.29, 0.717) is 18.2 Å². The third-order valence-corrected chi connectivity index (χ3v) is 3.83. The predicted molar refractivity (Wildman–Crippen MR) is 79.8 cm³/mol. The maximum Gasteiger partial charge on any atom is 0.120 e. The van der Waals surface area contributed by atoms with Gasteiger partial charge in [0.15, 0.2) is 0 Å². The molecule has 4 heteroatoms. The minimum absolute atomic E-state index is 0.649. The molecule has 0 aliphatic carbocycles. The molecular formula is C16H23N3O. The summed E-state index contributed by atoms with van der Waals surface area (Å²) >= 11 is 0. The quantitative estimate of drug-likeness (QED) is 0.743. The van der Waals surface area contributed by atoms with E-state index in [9.17, 15) is 0 Å². The Bertz CT molecular complexity index is 467. The number of rotatable bonds is 6. The van der Waals surface area contributed by atoms with Gasteiger partial charge in [0.1, 0.15) is 5.75 Å². The summed E-state index contributed by atoms with van der Waals surface area (Å²) in [6, 6.07) is 10.2. The molecule has 1 aliphatic rings. The Morgan fingerprint density at radius 2 is 2.30 bits per heavy atom. The van der Waals surface area contributed by atoms with Crippen LogP contribution in [0.2, 0.25) is 0 Å². The van der Waals surface area contributed by atoms with E-state index in [1.165, 1.54) is 13.0 Å². The number of likely N-dealkylation sites (tertiary alicyclic amines) is 1. The highest BCUT2D eigenvalue weighted by Crippen LogP contribution is 2.15. The van der Waals surface area contributed by atoms with E-state index in [-0.39, 0.29) is 0 Å². The smallest absolute Gasteiger partial charge is 0.120 e. The number of hydrogen-bond acceptors (Lipinski definition) is 4. The number of ether oxygens (including phenoxy) is 1. The summed E-state index contributed by atoms with van der Waals surface area (Å²) in [7, 11) is 4.30. The molecule has 2 rings (SSSR count). The lowest BCUT2D eigenvalue weighted by molar-refractivity contribution is 0.242. The van der Waals surface area contributed by atoms with Gasteiger partial charge in [-0.05, 0) is 51.7 Å². The molecule has 108 valence electrons. The van der Waals surface area contributed by atoms with E-state index in [1.807, 2.05) is 12.1 Å². The van der Waals surface area contributed by atoms with Crippen molar-refractivity contribution in [1.82, 2.24) is 9.80 Å². The van der Waals surface area contributed by atoms with Crippen molar-refractivity contribution in [2.75, 3.05) is 40.3 Å². The van der Waals surface area contributed by atoms with Crippen molar-refractivity contribution in [2.45, 2.75) is 18.9 Å². The summed E-state index contributed by atoms with van der Waals surface area (Å²) in [5, 5.41) is 8.83. The third kappa shape index (κ3) is 4.22. The summed E-state index contributed by atoms with van der Waals surface area (Å²) in [6.07, 6.45) is 2.29. The van der Waals surface area contributed by atoms with Crippen molar-refractivity contribution in [3.8, 4) is 11.8 Å². The molecule has 1 saturated heterocycles. The summed E-state index contributed by atoms with van der Waals surface area (Å²) in [5.41, 5.74) is 0.649. The maximum absolute atomic E-state index is 8.83. The van der Waals surface area contributed by atoms with Crippen LogP contribution >= 0.6 is 0 Å². The van der Waals surface area contributed by atoms with Crippen LogP contribution in [0, 0.1) is 11.3 Å². The van der Waals surface area contributed by atoms with Gasteiger partial charge in [0.2, 0.25) is 0 Å². The summed E-state index contributed by atoms with van der Waals surface area (Å²) in [5.74, 6) is 0.789. The van der Waals surface area contributed by atoms with Gasteiger partial charge in [-0.25, -0.2) is 0 Å². The summed E-state index contributed by atoms with van der Waals surface area (Å²) < 4.78 is 5.69. The van der Waals surface area contributed by atoms with Crippen molar-refractivity contribution in [3.63, 3.8) is 0 Å². The van der Waals surface area contributed by atoms with Crippen LogP contribution in [0.25, 0.3) is 0 Å². The first kappa shape index (κ1) is 14.8. The monoisotopic (exact) mass is 273 g/mol. The van der Waals surface area contributed by atoms with Crippen LogP contribution in [0.15, 0.2) is 24.3 Å². The highest BCUT2D eigenvalue weighted by Gasteiger charge is 2.23. The van der Waals surface area contributed by atoms with E-state index >= 15 is 0 Å². The zero-order valence-electron chi connectivity index (χ0n) is 12.4. The molecule has 0 bridgehead atoms. The summed E-state index contributed by atoms with van der Waals surface area (Å²) in [4.78, 5) is 4.81. The first-order valence-electron chi connectivity index (χ1n) is 7.21. The zero-order chi connectivity index (χ0) is 14.4. The molecular weight excluding hydrogens is 250 g/mol. The van der Waals surface area contributed by atoms with Gasteiger partial charge in [-0.15, -0.1) is 0 Å². The molecule has 1 aromatic carbocycles. The van der Waals surface area contributed by atoms with Crippen LogP contribution in [-0.2, 0) is 0 Å². The zero-order valence-corrected chi connectivity index (χ0v) is 12.4. The number of benzene rings is 1. The maximum atomic E-state index is 8.83. The number of likely N-dealkylation sites (N-methyl/N-ethyl adjacent to an activating group) is 1. The normalized spacial score (nSPS) is 19.2. The molecule has 4 nitrogen and oxygen atoms in total. The van der Waals surface area contributed by atoms with E-state index in [0.717, 1.165) is 25.3 Å². The second-order valence-corrected chi connectivity index (χ2v) is 5.55. The van der Waals surface area contributed by atoms with Crippen molar-refractivity contribution in [1.29, 1.82) is 5.26 Å². The van der Waals surface area contributed by atoms with Gasteiger partial charge in [-0.2, -0.15) is 5.26 Å². The van der Waals surface area contributed by atoms with E-state index in [1.54, 1.807) is 12.1 Å². The van der Waals surface area contributed by atoms with Crippen molar-refractivity contribution < 1.29 is 4.74 Å². The Hall–Kier alpha value is -1.57. The average molecular weight is 273 g/mol. The second kappa shape index (κ2) is 7.28. The molecule has 1 aliphatic heterocycles. The van der Waals surface area contributed by atoms with Gasteiger partial charge in [0.25, 0.3) is 0 Å². The van der Waals surface area contributed by atoms with Crippen LogP contribution < -0.4 is 4.74 Å². The summed E-state index contributed by atoms with van der Waals surface area (Å²) in [6.45, 7) is 4.14. The molecule has 1 heterocycles. The van der Waals surface area contributed by atoms with E-state index in [2.05, 4.69) is 30.0 Å². The Labute approximate surface area is 121 Å². The Kier molecular flexibility index (Phi) is 5.40. The second-order valence-electron chi connectivity index (χ2n) is 5.55. The van der Waals surface area contributed by atoms with Crippen LogP contribution in [0.1, 0.15) is 18.4 Å². The van der Waals surface area contributed by atoms with E-state index < -0.39 is 0 Å². The minimum atomic E-state index is 0.649. The predicted octanol–water partition coefficient (Wildman–Crippen LogP) is 1.96. The van der Waals surface area contributed by atoms with Gasteiger partial charge >= 0.3 is 0 Å². The third-order valence-electron chi connectivity index (χ3n) is 3.83. The fourth-order valence-electron chi connectivity index (χ4n) is 2.57. The standard InChI is InChI=1S/C16H23N3O/c1-18(2)15-7-9-19(13-15)8-4-10-20-16-6-3-5-14(11-16)12-17/h3,5-6,11,15H,4,7-10,13H2,1-2H3. The molecule has 20 heavy (non-hydrogen) atoms. The Morgan fingerprint density at radius 3 is 3.00 bits per heavy atom. The van der Waals surface area contributed by atoms with Gasteiger partial charge < -0.3 is 14.5 Å². The number of nitrogens with zero attached hydrogens (tertiary/aromatic N) is 3. The Morgan fingerprint density at radius 1 is 1.45 bits per heavy atom. The number of nitriles is 1. The van der Waals surface area contributed by atoms with Gasteiger partial charge in [0.05, 0.1) is 18.2 Å². The SMILES string of the molecule is CN(C)C1CCN(CCCOc2cccc(C#N)c2)C1. The highest BCUT2D eigenvalue weighted by atomic mass is 16.5. The average Bonchev–Trinajstić information content (AvgIpc) is 2.93. The largest absolute Gasteiger partial charge is 0.494 e. The minimum Gasteiger partial charge on any atom is -0.494 e. The topological polar surface area (TPSA) is 39.5 Å². The lowest BCUT2D eigenvalue weighted by Crippen LogP contribution is -2.32. The molecule has 0 spiro atoms. The molecule has 0 aromatic heterocycles. The van der Waals surface area contributed by atoms with E-state index in [4.69, 9.17) is 10.00 Å².